The summed E-state index contributed by atoms with van der Waals surface area (Å²) < 4.78 is 5.50. The fourth-order valence-corrected chi connectivity index (χ4v) is 2.64. The average Bonchev–Trinajstić information content (AvgIpc) is 2.28. The standard InChI is InChI=1S/C14H28N2O2/c1-6-16(13(17)18-14(2,3)4)12-10-8-7-9-11(12)15-5/h11-12,15H,6-10H2,1-5H3. The molecule has 0 heterocycles. The molecular weight excluding hydrogens is 228 g/mol. The SMILES string of the molecule is CCN(C(=O)OC(C)(C)C)C1CCCCC1NC. The van der Waals surface area contributed by atoms with Crippen LogP contribution in [0.3, 0.4) is 0 Å². The van der Waals surface area contributed by atoms with Crippen LogP contribution in [0, 0.1) is 0 Å². The smallest absolute Gasteiger partial charge is 0.410 e. The maximum atomic E-state index is 12.2. The first-order chi connectivity index (χ1) is 8.39. The normalized spacial score (nSPS) is 24.7. The molecule has 4 heteroatoms. The molecule has 2 atom stereocenters. The molecule has 4 nitrogen and oxygen atoms in total. The van der Waals surface area contributed by atoms with Crippen molar-refractivity contribution in [3.05, 3.63) is 0 Å². The Hall–Kier alpha value is -0.770. The Labute approximate surface area is 111 Å². The number of hydrogen-bond acceptors (Lipinski definition) is 3. The summed E-state index contributed by atoms with van der Waals surface area (Å²) in [6, 6.07) is 0.662. The third-order valence-corrected chi connectivity index (χ3v) is 3.47. The third kappa shape index (κ3) is 4.16. The fraction of sp³-hybridized carbons (Fsp3) is 0.929. The Morgan fingerprint density at radius 1 is 1.33 bits per heavy atom. The Bertz CT molecular complexity index is 273. The van der Waals surface area contributed by atoms with Crippen LogP contribution in [-0.4, -0.2) is 42.3 Å². The van der Waals surface area contributed by atoms with Crippen LogP contribution in [-0.2, 0) is 4.74 Å². The van der Waals surface area contributed by atoms with E-state index < -0.39 is 5.60 Å². The predicted octanol–water partition coefficient (Wildman–Crippen LogP) is 2.77. The number of nitrogens with one attached hydrogen (secondary N) is 1. The first-order valence-electron chi connectivity index (χ1n) is 7.06. The van der Waals surface area contributed by atoms with Gasteiger partial charge in [-0.05, 0) is 47.6 Å². The van der Waals surface area contributed by atoms with Gasteiger partial charge < -0.3 is 15.0 Å². The second-order valence-corrected chi connectivity index (χ2v) is 6.01. The van der Waals surface area contributed by atoms with Gasteiger partial charge in [0.25, 0.3) is 0 Å². The molecule has 1 amide bonds. The molecule has 0 aromatic rings. The van der Waals surface area contributed by atoms with Crippen molar-refractivity contribution in [2.24, 2.45) is 0 Å². The Kier molecular flexibility index (Phi) is 5.45. The number of ether oxygens (including phenoxy) is 1. The second kappa shape index (κ2) is 6.41. The number of rotatable bonds is 3. The molecule has 2 unspecified atom stereocenters. The molecule has 0 aliphatic heterocycles. The minimum Gasteiger partial charge on any atom is -0.444 e. The Morgan fingerprint density at radius 2 is 1.94 bits per heavy atom. The number of carbonyl (C=O) groups excluding carboxylic acids is 1. The molecule has 1 N–H and O–H groups in total. The topological polar surface area (TPSA) is 41.6 Å². The first kappa shape index (κ1) is 15.3. The van der Waals surface area contributed by atoms with Crippen molar-refractivity contribution in [2.45, 2.75) is 71.1 Å². The molecule has 0 spiro atoms. The quantitative estimate of drug-likeness (QED) is 0.844. The summed E-state index contributed by atoms with van der Waals surface area (Å²) in [4.78, 5) is 14.1. The molecule has 1 fully saturated rings. The number of hydrogen-bond donors (Lipinski definition) is 1. The summed E-state index contributed by atoms with van der Waals surface area (Å²) in [5, 5.41) is 3.34. The van der Waals surface area contributed by atoms with Crippen LogP contribution in [0.1, 0.15) is 53.4 Å². The molecule has 1 aliphatic carbocycles. The molecule has 106 valence electrons. The van der Waals surface area contributed by atoms with Gasteiger partial charge in [0.1, 0.15) is 5.60 Å². The fourth-order valence-electron chi connectivity index (χ4n) is 2.64. The van der Waals surface area contributed by atoms with Crippen LogP contribution in [0.15, 0.2) is 0 Å². The van der Waals surface area contributed by atoms with Crippen LogP contribution in [0.5, 0.6) is 0 Å². The van der Waals surface area contributed by atoms with Crippen molar-refractivity contribution >= 4 is 6.09 Å². The third-order valence-electron chi connectivity index (χ3n) is 3.47. The van der Waals surface area contributed by atoms with Crippen LogP contribution in [0.25, 0.3) is 0 Å². The summed E-state index contributed by atoms with van der Waals surface area (Å²) in [6.07, 6.45) is 4.46. The number of carbonyl (C=O) groups is 1. The van der Waals surface area contributed by atoms with E-state index in [2.05, 4.69) is 5.32 Å². The maximum absolute atomic E-state index is 12.2. The maximum Gasteiger partial charge on any atom is 0.410 e. The highest BCUT2D eigenvalue weighted by molar-refractivity contribution is 5.68. The van der Waals surface area contributed by atoms with E-state index in [1.807, 2.05) is 39.6 Å². The number of amides is 1. The van der Waals surface area contributed by atoms with Gasteiger partial charge in [0.2, 0.25) is 0 Å². The number of nitrogens with zero attached hydrogens (tertiary/aromatic N) is 1. The second-order valence-electron chi connectivity index (χ2n) is 6.01. The molecule has 0 saturated heterocycles. The summed E-state index contributed by atoms with van der Waals surface area (Å²) >= 11 is 0. The lowest BCUT2D eigenvalue weighted by Crippen LogP contribution is -2.53. The van der Waals surface area contributed by atoms with E-state index in [1.54, 1.807) is 0 Å². The zero-order chi connectivity index (χ0) is 13.8. The van der Waals surface area contributed by atoms with Gasteiger partial charge >= 0.3 is 6.09 Å². The molecule has 0 aromatic heterocycles. The summed E-state index contributed by atoms with van der Waals surface area (Å²) in [7, 11) is 1.98. The minimum absolute atomic E-state index is 0.183. The van der Waals surface area contributed by atoms with E-state index in [0.717, 1.165) is 12.8 Å². The lowest BCUT2D eigenvalue weighted by Gasteiger charge is -2.39. The Balaban J connectivity index is 2.71. The minimum atomic E-state index is -0.422. The molecular formula is C14H28N2O2. The zero-order valence-electron chi connectivity index (χ0n) is 12.5. The molecule has 0 radical (unpaired) electrons. The first-order valence-corrected chi connectivity index (χ1v) is 7.06. The molecule has 1 aliphatic rings. The molecule has 1 rings (SSSR count). The van der Waals surface area contributed by atoms with E-state index in [9.17, 15) is 4.79 Å². The monoisotopic (exact) mass is 256 g/mol. The van der Waals surface area contributed by atoms with E-state index in [-0.39, 0.29) is 12.1 Å². The van der Waals surface area contributed by atoms with E-state index in [1.165, 1.54) is 12.8 Å². The average molecular weight is 256 g/mol. The summed E-state index contributed by atoms with van der Waals surface area (Å²) in [5.41, 5.74) is -0.422. The van der Waals surface area contributed by atoms with Crippen molar-refractivity contribution in [2.75, 3.05) is 13.6 Å². The van der Waals surface area contributed by atoms with Gasteiger partial charge in [-0.2, -0.15) is 0 Å². The number of likely N-dealkylation sites (N-methyl/N-ethyl adjacent to an activating group) is 2. The van der Waals surface area contributed by atoms with Crippen molar-refractivity contribution in [3.8, 4) is 0 Å². The highest BCUT2D eigenvalue weighted by Gasteiger charge is 2.33. The lowest BCUT2D eigenvalue weighted by molar-refractivity contribution is 0.00953. The Morgan fingerprint density at radius 3 is 2.44 bits per heavy atom. The van der Waals surface area contributed by atoms with Gasteiger partial charge in [-0.25, -0.2) is 4.79 Å². The molecule has 0 aromatic carbocycles. The largest absolute Gasteiger partial charge is 0.444 e. The van der Waals surface area contributed by atoms with Gasteiger partial charge in [-0.15, -0.1) is 0 Å². The predicted molar refractivity (Wildman–Crippen MR) is 73.7 cm³/mol. The summed E-state index contributed by atoms with van der Waals surface area (Å²) in [6.45, 7) is 8.46. The van der Waals surface area contributed by atoms with Crippen LogP contribution < -0.4 is 5.32 Å². The van der Waals surface area contributed by atoms with Crippen molar-refractivity contribution in [1.82, 2.24) is 10.2 Å². The van der Waals surface area contributed by atoms with Crippen molar-refractivity contribution < 1.29 is 9.53 Å². The van der Waals surface area contributed by atoms with Gasteiger partial charge in [-0.1, -0.05) is 12.8 Å². The summed E-state index contributed by atoms with van der Waals surface area (Å²) in [5.74, 6) is 0. The van der Waals surface area contributed by atoms with E-state index in [4.69, 9.17) is 4.74 Å². The van der Waals surface area contributed by atoms with Crippen LogP contribution >= 0.6 is 0 Å². The van der Waals surface area contributed by atoms with Gasteiger partial charge in [0, 0.05) is 12.6 Å². The van der Waals surface area contributed by atoms with Gasteiger partial charge in [-0.3, -0.25) is 0 Å². The highest BCUT2D eigenvalue weighted by atomic mass is 16.6. The lowest BCUT2D eigenvalue weighted by atomic mass is 9.89. The van der Waals surface area contributed by atoms with Gasteiger partial charge in [0.15, 0.2) is 0 Å². The molecule has 1 saturated carbocycles. The van der Waals surface area contributed by atoms with Crippen molar-refractivity contribution in [1.29, 1.82) is 0 Å². The molecule has 18 heavy (non-hydrogen) atoms. The van der Waals surface area contributed by atoms with Crippen molar-refractivity contribution in [3.63, 3.8) is 0 Å². The zero-order valence-corrected chi connectivity index (χ0v) is 12.5. The molecule has 0 bridgehead atoms. The van der Waals surface area contributed by atoms with Gasteiger partial charge in [0.05, 0.1) is 6.04 Å². The van der Waals surface area contributed by atoms with E-state index >= 15 is 0 Å². The van der Waals surface area contributed by atoms with E-state index in [0.29, 0.717) is 12.6 Å². The van der Waals surface area contributed by atoms with Crippen LogP contribution in [0.4, 0.5) is 4.79 Å². The van der Waals surface area contributed by atoms with Crippen LogP contribution in [0.2, 0.25) is 0 Å². The highest BCUT2D eigenvalue weighted by Crippen LogP contribution is 2.24.